The molecule has 2 rings (SSSR count). The summed E-state index contributed by atoms with van der Waals surface area (Å²) >= 11 is 6.09. The summed E-state index contributed by atoms with van der Waals surface area (Å²) in [5.41, 5.74) is 5.05. The molecule has 0 radical (unpaired) electrons. The van der Waals surface area contributed by atoms with Crippen LogP contribution in [0.5, 0.6) is 0 Å². The summed E-state index contributed by atoms with van der Waals surface area (Å²) in [5, 5.41) is 0.415. The summed E-state index contributed by atoms with van der Waals surface area (Å²) in [7, 11) is -3.00. The molecule has 1 fully saturated rings. The number of benzene rings is 1. The smallest absolute Gasteiger partial charge is 0.150 e. The van der Waals surface area contributed by atoms with Crippen LogP contribution < -0.4 is 11.3 Å². The Morgan fingerprint density at radius 3 is 2.71 bits per heavy atom. The molecule has 1 aromatic rings. The fraction of sp³-hybridized carbons (Fsp3) is 0.600. The predicted molar refractivity (Wildman–Crippen MR) is 86.8 cm³/mol. The van der Waals surface area contributed by atoms with E-state index in [4.69, 9.17) is 17.4 Å². The first-order chi connectivity index (χ1) is 9.82. The summed E-state index contributed by atoms with van der Waals surface area (Å²) < 4.78 is 23.7. The Morgan fingerprint density at radius 2 is 2.10 bits per heavy atom. The second-order valence-electron chi connectivity index (χ2n) is 6.02. The molecule has 3 atom stereocenters. The zero-order valence-corrected chi connectivity index (χ0v) is 14.0. The highest BCUT2D eigenvalue weighted by Gasteiger charge is 2.33. The minimum atomic E-state index is -3.00. The maximum Gasteiger partial charge on any atom is 0.150 e. The van der Waals surface area contributed by atoms with Gasteiger partial charge in [0.05, 0.1) is 5.25 Å². The van der Waals surface area contributed by atoms with Crippen molar-refractivity contribution in [3.63, 3.8) is 0 Å². The molecule has 0 aliphatic heterocycles. The van der Waals surface area contributed by atoms with E-state index in [9.17, 15) is 8.42 Å². The highest BCUT2D eigenvalue weighted by Crippen LogP contribution is 2.38. The van der Waals surface area contributed by atoms with Crippen molar-refractivity contribution in [1.82, 2.24) is 5.43 Å². The first-order valence-electron chi connectivity index (χ1n) is 7.24. The van der Waals surface area contributed by atoms with Gasteiger partial charge in [-0.1, -0.05) is 24.1 Å². The number of aryl methyl sites for hydroxylation is 1. The standard InChI is InChI=1S/C15H23ClN2O2S/c1-10-6-7-12(16)9-14(10)15(18-17)11-4-3-5-13(8-11)21(2,19)20/h6-7,9,11,13,15,18H,3-5,8,17H2,1-2H3. The topological polar surface area (TPSA) is 72.2 Å². The molecule has 0 amide bonds. The van der Waals surface area contributed by atoms with Crippen molar-refractivity contribution in [2.45, 2.75) is 43.9 Å². The fourth-order valence-corrected chi connectivity index (χ4v) is 4.67. The van der Waals surface area contributed by atoms with E-state index in [-0.39, 0.29) is 17.2 Å². The third kappa shape index (κ3) is 3.97. The van der Waals surface area contributed by atoms with Gasteiger partial charge in [0.2, 0.25) is 0 Å². The van der Waals surface area contributed by atoms with Gasteiger partial charge >= 0.3 is 0 Å². The number of sulfone groups is 1. The monoisotopic (exact) mass is 330 g/mol. The molecule has 0 heterocycles. The van der Waals surface area contributed by atoms with Crippen molar-refractivity contribution >= 4 is 21.4 Å². The average Bonchev–Trinajstić information content (AvgIpc) is 2.43. The molecule has 3 unspecified atom stereocenters. The van der Waals surface area contributed by atoms with Gasteiger partial charge in [-0.25, -0.2) is 8.42 Å². The van der Waals surface area contributed by atoms with Gasteiger partial charge in [-0.15, -0.1) is 0 Å². The average molecular weight is 331 g/mol. The molecular formula is C15H23ClN2O2S. The van der Waals surface area contributed by atoms with E-state index in [0.29, 0.717) is 11.4 Å². The number of hydrogen-bond acceptors (Lipinski definition) is 4. The molecule has 118 valence electrons. The molecule has 1 aliphatic rings. The largest absolute Gasteiger partial charge is 0.271 e. The van der Waals surface area contributed by atoms with Crippen LogP contribution >= 0.6 is 11.6 Å². The first kappa shape index (κ1) is 16.7. The minimum absolute atomic E-state index is 0.0618. The second-order valence-corrected chi connectivity index (χ2v) is 8.79. The normalized spacial score (nSPS) is 24.8. The molecule has 4 nitrogen and oxygen atoms in total. The number of hydrogen-bond donors (Lipinski definition) is 2. The van der Waals surface area contributed by atoms with E-state index in [2.05, 4.69) is 5.43 Å². The van der Waals surface area contributed by atoms with Crippen molar-refractivity contribution in [2.75, 3.05) is 6.26 Å². The lowest BCUT2D eigenvalue weighted by Crippen LogP contribution is -2.38. The van der Waals surface area contributed by atoms with Crippen LogP contribution in [0.4, 0.5) is 0 Å². The third-order valence-electron chi connectivity index (χ3n) is 4.50. The van der Waals surface area contributed by atoms with Crippen molar-refractivity contribution in [3.8, 4) is 0 Å². The molecule has 0 spiro atoms. The third-order valence-corrected chi connectivity index (χ3v) is 6.37. The zero-order valence-electron chi connectivity index (χ0n) is 12.5. The quantitative estimate of drug-likeness (QED) is 0.657. The first-order valence-corrected chi connectivity index (χ1v) is 9.57. The van der Waals surface area contributed by atoms with Crippen LogP contribution in [0.15, 0.2) is 18.2 Å². The lowest BCUT2D eigenvalue weighted by molar-refractivity contribution is 0.274. The van der Waals surface area contributed by atoms with Crippen LogP contribution in [0.2, 0.25) is 5.02 Å². The predicted octanol–water partition coefficient (Wildman–Crippen LogP) is 2.76. The van der Waals surface area contributed by atoms with E-state index in [1.807, 2.05) is 25.1 Å². The lowest BCUT2D eigenvalue weighted by atomic mass is 9.80. The van der Waals surface area contributed by atoms with E-state index in [1.54, 1.807) is 0 Å². The van der Waals surface area contributed by atoms with Gasteiger partial charge in [0.15, 0.2) is 0 Å². The molecular weight excluding hydrogens is 308 g/mol. The summed E-state index contributed by atoms with van der Waals surface area (Å²) in [6, 6.07) is 5.69. The number of nitrogens with two attached hydrogens (primary N) is 1. The molecule has 1 saturated carbocycles. The molecule has 1 aliphatic carbocycles. The van der Waals surface area contributed by atoms with Crippen LogP contribution in [0.25, 0.3) is 0 Å². The van der Waals surface area contributed by atoms with Crippen LogP contribution in [-0.2, 0) is 9.84 Å². The maximum atomic E-state index is 11.8. The zero-order chi connectivity index (χ0) is 15.6. The van der Waals surface area contributed by atoms with Crippen LogP contribution in [0.1, 0.15) is 42.9 Å². The maximum absolute atomic E-state index is 11.8. The molecule has 0 saturated heterocycles. The number of hydrazine groups is 1. The van der Waals surface area contributed by atoms with Crippen molar-refractivity contribution in [3.05, 3.63) is 34.3 Å². The Kier molecular flexibility index (Phi) is 5.30. The van der Waals surface area contributed by atoms with Gasteiger partial charge in [-0.3, -0.25) is 11.3 Å². The van der Waals surface area contributed by atoms with Gasteiger partial charge in [-0.2, -0.15) is 0 Å². The highest BCUT2D eigenvalue weighted by atomic mass is 35.5. The highest BCUT2D eigenvalue weighted by molar-refractivity contribution is 7.91. The molecule has 0 bridgehead atoms. The van der Waals surface area contributed by atoms with E-state index >= 15 is 0 Å². The van der Waals surface area contributed by atoms with Gasteiger partial charge in [0.1, 0.15) is 9.84 Å². The second kappa shape index (κ2) is 6.65. The molecule has 1 aromatic carbocycles. The lowest BCUT2D eigenvalue weighted by Gasteiger charge is -2.34. The van der Waals surface area contributed by atoms with Crippen LogP contribution in [-0.4, -0.2) is 19.9 Å². The molecule has 0 aromatic heterocycles. The van der Waals surface area contributed by atoms with Crippen molar-refractivity contribution < 1.29 is 8.42 Å². The van der Waals surface area contributed by atoms with Gasteiger partial charge in [-0.05, 0) is 55.4 Å². The number of halogens is 1. The van der Waals surface area contributed by atoms with Crippen molar-refractivity contribution in [2.24, 2.45) is 11.8 Å². The Morgan fingerprint density at radius 1 is 1.38 bits per heavy atom. The summed E-state index contributed by atoms with van der Waals surface area (Å²) in [6.45, 7) is 2.02. The fourth-order valence-electron chi connectivity index (χ4n) is 3.30. The number of nitrogens with one attached hydrogen (secondary N) is 1. The van der Waals surface area contributed by atoms with E-state index < -0.39 is 9.84 Å². The SMILES string of the molecule is Cc1ccc(Cl)cc1C(NN)C1CCCC(S(C)(=O)=O)C1. The Hall–Kier alpha value is -0.620. The molecule has 6 heteroatoms. The Bertz CT molecular complexity index is 604. The van der Waals surface area contributed by atoms with E-state index in [0.717, 1.165) is 30.4 Å². The van der Waals surface area contributed by atoms with E-state index in [1.165, 1.54) is 6.26 Å². The number of rotatable bonds is 4. The molecule has 21 heavy (non-hydrogen) atoms. The van der Waals surface area contributed by atoms with Gasteiger partial charge in [0, 0.05) is 17.3 Å². The minimum Gasteiger partial charge on any atom is -0.271 e. The van der Waals surface area contributed by atoms with Crippen LogP contribution in [0.3, 0.4) is 0 Å². The van der Waals surface area contributed by atoms with Gasteiger partial charge in [0.25, 0.3) is 0 Å². The Labute approximate surface area is 131 Å². The summed E-state index contributed by atoms with van der Waals surface area (Å²) in [4.78, 5) is 0. The summed E-state index contributed by atoms with van der Waals surface area (Å²) in [6.07, 6.45) is 4.63. The van der Waals surface area contributed by atoms with Crippen LogP contribution in [0, 0.1) is 12.8 Å². The summed E-state index contributed by atoms with van der Waals surface area (Å²) in [5.74, 6) is 5.98. The molecule has 3 N–H and O–H groups in total. The van der Waals surface area contributed by atoms with Crippen molar-refractivity contribution in [1.29, 1.82) is 0 Å². The van der Waals surface area contributed by atoms with Gasteiger partial charge < -0.3 is 0 Å². The Balaban J connectivity index is 2.27.